The summed E-state index contributed by atoms with van der Waals surface area (Å²) in [6.07, 6.45) is -0.700. The Bertz CT molecular complexity index is 1080. The number of ether oxygens (including phenoxy) is 2. The van der Waals surface area contributed by atoms with Crippen LogP contribution in [0.3, 0.4) is 0 Å². The van der Waals surface area contributed by atoms with Gasteiger partial charge in [0.2, 0.25) is 0 Å². The van der Waals surface area contributed by atoms with Gasteiger partial charge in [-0.1, -0.05) is 48.5 Å². The van der Waals surface area contributed by atoms with E-state index < -0.39 is 17.6 Å². The lowest BCUT2D eigenvalue weighted by Crippen LogP contribution is -2.52. The van der Waals surface area contributed by atoms with Gasteiger partial charge in [-0.2, -0.15) is 0 Å². The van der Waals surface area contributed by atoms with E-state index in [0.29, 0.717) is 0 Å². The maximum atomic E-state index is 12.5. The molecule has 0 aromatic heterocycles. The lowest BCUT2D eigenvalue weighted by Gasteiger charge is -2.24. The molecule has 3 aromatic carbocycles. The van der Waals surface area contributed by atoms with Gasteiger partial charge in [0.15, 0.2) is 0 Å². The summed E-state index contributed by atoms with van der Waals surface area (Å²) in [5.41, 5.74) is 3.21. The van der Waals surface area contributed by atoms with Gasteiger partial charge in [-0.3, -0.25) is 0 Å². The second-order valence-corrected chi connectivity index (χ2v) is 7.96. The first-order valence-electron chi connectivity index (χ1n) is 9.99. The molecular weight excluding hydrogens is 394 g/mol. The van der Waals surface area contributed by atoms with Gasteiger partial charge < -0.3 is 19.9 Å². The first kappa shape index (κ1) is 20.5. The van der Waals surface area contributed by atoms with Crippen LogP contribution in [0.2, 0.25) is 0 Å². The number of hydrogen-bond acceptors (Lipinski definition) is 5. The van der Waals surface area contributed by atoms with Gasteiger partial charge in [-0.05, 0) is 60.4 Å². The number of benzene rings is 3. The molecule has 0 radical (unpaired) electrons. The molecule has 0 atom stereocenters. The molecule has 0 bridgehead atoms. The van der Waals surface area contributed by atoms with E-state index in [1.165, 1.54) is 38.1 Å². The number of carbonyl (C=O) groups excluding carboxylic acids is 2. The third-order valence-electron chi connectivity index (χ3n) is 5.32. The van der Waals surface area contributed by atoms with Crippen molar-refractivity contribution in [3.8, 4) is 22.6 Å². The van der Waals surface area contributed by atoms with Gasteiger partial charge in [-0.25, -0.2) is 9.59 Å². The molecule has 1 aliphatic rings. The smallest absolute Gasteiger partial charge is 0.408 e. The third-order valence-corrected chi connectivity index (χ3v) is 5.32. The molecule has 31 heavy (non-hydrogen) atoms. The average molecular weight is 417 g/mol. The number of phenols is 1. The van der Waals surface area contributed by atoms with Crippen LogP contribution in [-0.4, -0.2) is 29.3 Å². The molecule has 4 rings (SSSR count). The maximum absolute atomic E-state index is 12.5. The van der Waals surface area contributed by atoms with E-state index in [0.717, 1.165) is 22.3 Å². The average Bonchev–Trinajstić information content (AvgIpc) is 3.07. The molecule has 0 spiro atoms. The van der Waals surface area contributed by atoms with Crippen LogP contribution in [0.25, 0.3) is 11.1 Å². The minimum Gasteiger partial charge on any atom is -0.508 e. The molecule has 6 nitrogen and oxygen atoms in total. The fourth-order valence-electron chi connectivity index (χ4n) is 3.69. The summed E-state index contributed by atoms with van der Waals surface area (Å²) in [5, 5.41) is 11.9. The number of fused-ring (bicyclic) bond motifs is 3. The first-order valence-corrected chi connectivity index (χ1v) is 9.99. The maximum Gasteiger partial charge on any atom is 0.408 e. The molecule has 3 aromatic rings. The van der Waals surface area contributed by atoms with Crippen molar-refractivity contribution in [2.24, 2.45) is 0 Å². The second-order valence-electron chi connectivity index (χ2n) is 7.96. The number of esters is 1. The molecule has 1 aliphatic carbocycles. The van der Waals surface area contributed by atoms with Crippen LogP contribution in [0.15, 0.2) is 72.8 Å². The molecular formula is C25H23NO5. The lowest BCUT2D eigenvalue weighted by molar-refractivity contribution is -0.140. The van der Waals surface area contributed by atoms with Crippen LogP contribution in [0, 0.1) is 0 Å². The topological polar surface area (TPSA) is 84.9 Å². The lowest BCUT2D eigenvalue weighted by atomic mass is 9.98. The van der Waals surface area contributed by atoms with E-state index in [-0.39, 0.29) is 24.0 Å². The van der Waals surface area contributed by atoms with Crippen molar-refractivity contribution in [2.75, 3.05) is 6.61 Å². The van der Waals surface area contributed by atoms with E-state index in [2.05, 4.69) is 17.4 Å². The van der Waals surface area contributed by atoms with Gasteiger partial charge >= 0.3 is 12.1 Å². The van der Waals surface area contributed by atoms with Gasteiger partial charge in [0.05, 0.1) is 0 Å². The standard InChI is InChI=1S/C25H23NO5/c1-25(2,23(28)31-17-13-11-16(27)12-14-17)26-24(29)30-15-22-20-9-5-3-7-18(20)19-8-4-6-10-21(19)22/h3-14,22,27H,15H2,1-2H3,(H,26,29). The van der Waals surface area contributed by atoms with E-state index >= 15 is 0 Å². The molecule has 0 heterocycles. The zero-order valence-electron chi connectivity index (χ0n) is 17.3. The van der Waals surface area contributed by atoms with E-state index in [9.17, 15) is 14.7 Å². The van der Waals surface area contributed by atoms with E-state index in [1.54, 1.807) is 0 Å². The summed E-state index contributed by atoms with van der Waals surface area (Å²) < 4.78 is 10.8. The van der Waals surface area contributed by atoms with Crippen LogP contribution in [0.1, 0.15) is 30.9 Å². The van der Waals surface area contributed by atoms with Crippen molar-refractivity contribution in [3.05, 3.63) is 83.9 Å². The predicted molar refractivity (Wildman–Crippen MR) is 116 cm³/mol. The Hall–Kier alpha value is -3.80. The number of nitrogens with one attached hydrogen (secondary N) is 1. The van der Waals surface area contributed by atoms with Crippen LogP contribution in [0.5, 0.6) is 11.5 Å². The number of rotatable bonds is 5. The van der Waals surface area contributed by atoms with Crippen molar-refractivity contribution in [1.82, 2.24) is 5.32 Å². The minimum absolute atomic E-state index is 0.0646. The van der Waals surface area contributed by atoms with Gasteiger partial charge in [-0.15, -0.1) is 0 Å². The fourth-order valence-corrected chi connectivity index (χ4v) is 3.69. The molecule has 0 saturated heterocycles. The Morgan fingerprint density at radius 3 is 2.03 bits per heavy atom. The Labute approximate surface area is 180 Å². The number of hydrogen-bond donors (Lipinski definition) is 2. The molecule has 0 saturated carbocycles. The molecule has 0 fully saturated rings. The summed E-state index contributed by atoms with van der Waals surface area (Å²) in [6.45, 7) is 3.23. The van der Waals surface area contributed by atoms with Crippen LogP contribution < -0.4 is 10.1 Å². The molecule has 1 amide bonds. The molecule has 6 heteroatoms. The van der Waals surface area contributed by atoms with Gasteiger partial charge in [0, 0.05) is 5.92 Å². The Morgan fingerprint density at radius 1 is 0.903 bits per heavy atom. The Balaban J connectivity index is 1.40. The highest BCUT2D eigenvalue weighted by Crippen LogP contribution is 2.44. The zero-order chi connectivity index (χ0) is 22.0. The van der Waals surface area contributed by atoms with Crippen molar-refractivity contribution < 1.29 is 24.2 Å². The Kier molecular flexibility index (Phi) is 5.38. The Morgan fingerprint density at radius 2 is 1.45 bits per heavy atom. The van der Waals surface area contributed by atoms with E-state index in [1.807, 2.05) is 36.4 Å². The number of alkyl carbamates (subject to hydrolysis) is 1. The third kappa shape index (κ3) is 4.23. The number of amides is 1. The number of aromatic hydroxyl groups is 1. The zero-order valence-corrected chi connectivity index (χ0v) is 17.3. The van der Waals surface area contributed by atoms with Crippen molar-refractivity contribution >= 4 is 12.1 Å². The van der Waals surface area contributed by atoms with E-state index in [4.69, 9.17) is 9.47 Å². The second kappa shape index (κ2) is 8.14. The summed E-state index contributed by atoms with van der Waals surface area (Å²) >= 11 is 0. The minimum atomic E-state index is -1.31. The monoisotopic (exact) mass is 417 g/mol. The normalized spacial score (nSPS) is 12.6. The largest absolute Gasteiger partial charge is 0.508 e. The predicted octanol–water partition coefficient (Wildman–Crippen LogP) is 4.61. The fraction of sp³-hybridized carbons (Fsp3) is 0.200. The van der Waals surface area contributed by atoms with Crippen LogP contribution in [0.4, 0.5) is 4.79 Å². The van der Waals surface area contributed by atoms with Crippen molar-refractivity contribution in [1.29, 1.82) is 0 Å². The highest BCUT2D eigenvalue weighted by Gasteiger charge is 2.34. The van der Waals surface area contributed by atoms with Gasteiger partial charge in [0.1, 0.15) is 23.6 Å². The summed E-state index contributed by atoms with van der Waals surface area (Å²) in [5.74, 6) is -0.377. The van der Waals surface area contributed by atoms with Gasteiger partial charge in [0.25, 0.3) is 0 Å². The summed E-state index contributed by atoms with van der Waals surface area (Å²) in [6, 6.07) is 21.9. The van der Waals surface area contributed by atoms with Crippen LogP contribution in [-0.2, 0) is 9.53 Å². The molecule has 0 aliphatic heterocycles. The quantitative estimate of drug-likeness (QED) is 0.468. The van der Waals surface area contributed by atoms with Crippen LogP contribution >= 0.6 is 0 Å². The summed E-state index contributed by atoms with van der Waals surface area (Å²) in [4.78, 5) is 25.0. The molecule has 0 unspecified atom stereocenters. The highest BCUT2D eigenvalue weighted by molar-refractivity contribution is 5.86. The molecule has 2 N–H and O–H groups in total. The summed E-state index contributed by atoms with van der Waals surface area (Å²) in [7, 11) is 0. The van der Waals surface area contributed by atoms with Crippen molar-refractivity contribution in [2.45, 2.75) is 25.3 Å². The highest BCUT2D eigenvalue weighted by atomic mass is 16.6. The van der Waals surface area contributed by atoms with Crippen molar-refractivity contribution in [3.63, 3.8) is 0 Å². The first-order chi connectivity index (χ1) is 14.8. The number of phenolic OH excluding ortho intramolecular Hbond substituents is 1. The number of carbonyl (C=O) groups is 2. The molecule has 158 valence electrons. The SMILES string of the molecule is CC(C)(NC(=O)OCC1c2ccccc2-c2ccccc21)C(=O)Oc1ccc(O)cc1.